The minimum absolute atomic E-state index is 0.229. The van der Waals surface area contributed by atoms with Gasteiger partial charge < -0.3 is 10.4 Å². The van der Waals surface area contributed by atoms with Gasteiger partial charge in [-0.15, -0.1) is 0 Å². The Morgan fingerprint density at radius 2 is 1.56 bits per heavy atom. The first kappa shape index (κ1) is 24.1. The highest BCUT2D eigenvalue weighted by Crippen LogP contribution is 2.40. The molecule has 1 heterocycles. The highest BCUT2D eigenvalue weighted by Gasteiger charge is 2.28. The van der Waals surface area contributed by atoms with E-state index < -0.39 is 5.91 Å². The van der Waals surface area contributed by atoms with Crippen molar-refractivity contribution in [2.75, 3.05) is 0 Å². The van der Waals surface area contributed by atoms with Crippen molar-refractivity contribution in [3.05, 3.63) is 68.6 Å². The third kappa shape index (κ3) is 5.43. The average molecular weight is 471 g/mol. The molecule has 0 bridgehead atoms. The smallest absolute Gasteiger partial charge is 0.279 e. The molecule has 0 aromatic heterocycles. The molecule has 0 spiro atoms. The van der Waals surface area contributed by atoms with Crippen LogP contribution < -0.4 is 5.32 Å². The van der Waals surface area contributed by atoms with Gasteiger partial charge >= 0.3 is 0 Å². The van der Waals surface area contributed by atoms with Gasteiger partial charge in [0.25, 0.3) is 11.8 Å². The number of amides is 2. The predicted octanol–water partition coefficient (Wildman–Crippen LogP) is 6.04. The summed E-state index contributed by atoms with van der Waals surface area (Å²) in [6, 6.07) is 10.2. The fourth-order valence-corrected chi connectivity index (χ4v) is 4.21. The summed E-state index contributed by atoms with van der Waals surface area (Å²) in [6.07, 6.45) is 1.76. The minimum atomic E-state index is -0.458. The fraction of sp³-hybridized carbons (Fsp3) is 0.320. The number of aliphatic imine (C=N–C) groups is 1. The van der Waals surface area contributed by atoms with Crippen LogP contribution in [0.1, 0.15) is 68.6 Å². The van der Waals surface area contributed by atoms with Crippen LogP contribution in [0.25, 0.3) is 6.08 Å². The van der Waals surface area contributed by atoms with E-state index in [1.165, 1.54) is 0 Å². The van der Waals surface area contributed by atoms with Crippen molar-refractivity contribution in [1.82, 2.24) is 5.32 Å². The standard InChI is InChI=1S/C25H27ClN2O3S/c1-24(2,3)17-11-14(12-18(20(17)29)25(4,5)6)13-19-22(31)28-23(32-19)27-21(30)15-7-9-16(26)10-8-15/h7-13,29H,1-6H3,(H,27,28,30,31)/b19-13-. The predicted molar refractivity (Wildman–Crippen MR) is 132 cm³/mol. The summed E-state index contributed by atoms with van der Waals surface area (Å²) in [5.74, 6) is -0.493. The SMILES string of the molecule is CC(C)(C)c1cc(/C=C2\SC(=NC(=O)c3ccc(Cl)cc3)NC2=O)cc(C(C)(C)C)c1O. The molecule has 32 heavy (non-hydrogen) atoms. The quantitative estimate of drug-likeness (QED) is 0.524. The summed E-state index contributed by atoms with van der Waals surface area (Å²) in [7, 11) is 0. The number of benzene rings is 2. The number of carbonyl (C=O) groups excluding carboxylic acids is 2. The molecule has 0 atom stereocenters. The molecule has 1 aliphatic heterocycles. The maximum absolute atomic E-state index is 12.5. The summed E-state index contributed by atoms with van der Waals surface area (Å²) < 4.78 is 0. The van der Waals surface area contributed by atoms with Crippen molar-refractivity contribution in [1.29, 1.82) is 0 Å². The molecule has 0 aliphatic carbocycles. The number of amidine groups is 1. The Hall–Kier alpha value is -2.57. The normalized spacial score (nSPS) is 17.2. The van der Waals surface area contributed by atoms with Gasteiger partial charge in [0.1, 0.15) is 5.75 Å². The number of halogens is 1. The number of nitrogens with one attached hydrogen (secondary N) is 1. The van der Waals surface area contributed by atoms with Crippen LogP contribution >= 0.6 is 23.4 Å². The Morgan fingerprint density at radius 1 is 1.03 bits per heavy atom. The molecule has 0 unspecified atom stereocenters. The molecule has 2 aromatic carbocycles. The van der Waals surface area contributed by atoms with Crippen LogP contribution in [0.3, 0.4) is 0 Å². The van der Waals surface area contributed by atoms with E-state index in [2.05, 4.69) is 10.3 Å². The zero-order valence-electron chi connectivity index (χ0n) is 19.0. The molecule has 0 radical (unpaired) electrons. The summed E-state index contributed by atoms with van der Waals surface area (Å²) in [6.45, 7) is 12.2. The van der Waals surface area contributed by atoms with E-state index >= 15 is 0 Å². The first-order valence-corrected chi connectivity index (χ1v) is 11.4. The van der Waals surface area contributed by atoms with Crippen LogP contribution in [0.2, 0.25) is 5.02 Å². The van der Waals surface area contributed by atoms with Gasteiger partial charge in [-0.1, -0.05) is 53.1 Å². The highest BCUT2D eigenvalue weighted by atomic mass is 35.5. The lowest BCUT2D eigenvalue weighted by atomic mass is 9.78. The van der Waals surface area contributed by atoms with E-state index in [-0.39, 0.29) is 27.7 Å². The molecule has 7 heteroatoms. The summed E-state index contributed by atoms with van der Waals surface area (Å²) >= 11 is 6.97. The van der Waals surface area contributed by atoms with E-state index in [1.807, 2.05) is 53.7 Å². The second kappa shape index (κ2) is 8.75. The van der Waals surface area contributed by atoms with Gasteiger partial charge in [-0.05, 0) is 70.6 Å². The molecule has 1 saturated heterocycles. The van der Waals surface area contributed by atoms with Crippen LogP contribution in [-0.2, 0) is 15.6 Å². The van der Waals surface area contributed by atoms with Crippen molar-refractivity contribution in [3.8, 4) is 5.75 Å². The van der Waals surface area contributed by atoms with Crippen molar-refractivity contribution in [2.24, 2.45) is 4.99 Å². The number of thioether (sulfide) groups is 1. The number of nitrogens with zero attached hydrogens (tertiary/aromatic N) is 1. The van der Waals surface area contributed by atoms with Gasteiger partial charge in [0.2, 0.25) is 0 Å². The average Bonchev–Trinajstić information content (AvgIpc) is 3.00. The topological polar surface area (TPSA) is 78.8 Å². The molecular formula is C25H27ClN2O3S. The number of phenolic OH excluding ortho intramolecular Hbond substituents is 1. The number of hydrogen-bond acceptors (Lipinski definition) is 4. The van der Waals surface area contributed by atoms with Crippen molar-refractivity contribution < 1.29 is 14.7 Å². The van der Waals surface area contributed by atoms with Crippen molar-refractivity contribution in [3.63, 3.8) is 0 Å². The second-order valence-corrected chi connectivity index (χ2v) is 11.2. The molecule has 1 fully saturated rings. The Balaban J connectivity index is 1.95. The van der Waals surface area contributed by atoms with Gasteiger partial charge in [-0.25, -0.2) is 0 Å². The van der Waals surface area contributed by atoms with Gasteiger partial charge in [0, 0.05) is 21.7 Å². The van der Waals surface area contributed by atoms with E-state index in [0.717, 1.165) is 28.5 Å². The maximum Gasteiger partial charge on any atom is 0.279 e. The zero-order chi connectivity index (χ0) is 23.8. The third-order valence-electron chi connectivity index (χ3n) is 4.99. The third-order valence-corrected chi connectivity index (χ3v) is 6.15. The molecule has 2 aromatic rings. The largest absolute Gasteiger partial charge is 0.507 e. The molecule has 3 rings (SSSR count). The van der Waals surface area contributed by atoms with E-state index in [4.69, 9.17) is 11.6 Å². The van der Waals surface area contributed by atoms with E-state index in [1.54, 1.807) is 30.3 Å². The molecule has 2 amide bonds. The maximum atomic E-state index is 12.5. The van der Waals surface area contributed by atoms with Crippen molar-refractivity contribution in [2.45, 2.75) is 52.4 Å². The lowest BCUT2D eigenvalue weighted by molar-refractivity contribution is -0.115. The molecule has 2 N–H and O–H groups in total. The summed E-state index contributed by atoms with van der Waals surface area (Å²) in [5, 5.41) is 14.3. The lowest BCUT2D eigenvalue weighted by Crippen LogP contribution is -2.20. The van der Waals surface area contributed by atoms with Crippen LogP contribution in [0.15, 0.2) is 46.3 Å². The molecular weight excluding hydrogens is 444 g/mol. The highest BCUT2D eigenvalue weighted by molar-refractivity contribution is 8.18. The number of phenols is 1. The Morgan fingerprint density at radius 3 is 2.06 bits per heavy atom. The molecule has 0 saturated carbocycles. The lowest BCUT2D eigenvalue weighted by Gasteiger charge is -2.28. The Bertz CT molecular complexity index is 1100. The number of aromatic hydroxyl groups is 1. The molecule has 168 valence electrons. The molecule has 5 nitrogen and oxygen atoms in total. The van der Waals surface area contributed by atoms with Crippen LogP contribution in [0.5, 0.6) is 5.75 Å². The monoisotopic (exact) mass is 470 g/mol. The van der Waals surface area contributed by atoms with Gasteiger partial charge in [-0.2, -0.15) is 4.99 Å². The summed E-state index contributed by atoms with van der Waals surface area (Å²) in [4.78, 5) is 29.4. The van der Waals surface area contributed by atoms with E-state index in [9.17, 15) is 14.7 Å². The van der Waals surface area contributed by atoms with Gasteiger partial charge in [0.05, 0.1) is 4.91 Å². The zero-order valence-corrected chi connectivity index (χ0v) is 20.6. The van der Waals surface area contributed by atoms with Gasteiger partial charge in [0.15, 0.2) is 5.17 Å². The summed E-state index contributed by atoms with van der Waals surface area (Å²) in [5.41, 5.74) is 2.26. The fourth-order valence-electron chi connectivity index (χ4n) is 3.26. The molecule has 1 aliphatic rings. The first-order valence-electron chi connectivity index (χ1n) is 10.2. The number of hydrogen-bond donors (Lipinski definition) is 2. The van der Waals surface area contributed by atoms with Gasteiger partial charge in [-0.3, -0.25) is 9.59 Å². The van der Waals surface area contributed by atoms with E-state index in [0.29, 0.717) is 15.5 Å². The van der Waals surface area contributed by atoms with Crippen molar-refractivity contribution >= 4 is 46.4 Å². The van der Waals surface area contributed by atoms with Crippen LogP contribution in [-0.4, -0.2) is 22.1 Å². The van der Waals surface area contributed by atoms with Crippen LogP contribution in [0.4, 0.5) is 0 Å². The Labute approximate surface area is 198 Å². The number of carbonyl (C=O) groups is 2. The number of rotatable bonds is 2. The minimum Gasteiger partial charge on any atom is -0.507 e. The first-order chi connectivity index (χ1) is 14.8. The Kier molecular flexibility index (Phi) is 6.59. The second-order valence-electron chi connectivity index (χ2n) is 9.76. The van der Waals surface area contributed by atoms with Crippen LogP contribution in [0, 0.1) is 0 Å².